The van der Waals surface area contributed by atoms with Crippen LogP contribution < -0.4 is 10.7 Å². The number of fused-ring (bicyclic) bond motifs is 2. The molecule has 0 radical (unpaired) electrons. The summed E-state index contributed by atoms with van der Waals surface area (Å²) in [5, 5.41) is 17.7. The number of nitrogens with one attached hydrogen (secondary N) is 2. The second-order valence-electron chi connectivity index (χ2n) is 7.28. The van der Waals surface area contributed by atoms with Crippen LogP contribution in [0.4, 0.5) is 4.39 Å². The topological polar surface area (TPSA) is 77.0 Å². The molecular formula is C21H19FN4O2. The minimum Gasteiger partial charge on any atom is -0.479 e. The Kier molecular flexibility index (Phi) is 3.73. The predicted octanol–water partition coefficient (Wildman–Crippen LogP) is 2.07. The molecule has 3 N–H and O–H groups in total. The lowest BCUT2D eigenvalue weighted by atomic mass is 9.84. The molecule has 0 saturated heterocycles. The van der Waals surface area contributed by atoms with E-state index in [4.69, 9.17) is 0 Å². The monoisotopic (exact) mass is 378 g/mol. The summed E-state index contributed by atoms with van der Waals surface area (Å²) in [6, 6.07) is 2.17. The first kappa shape index (κ1) is 16.9. The highest BCUT2D eigenvalue weighted by molar-refractivity contribution is 6.20. The summed E-state index contributed by atoms with van der Waals surface area (Å²) in [7, 11) is 1.74. The van der Waals surface area contributed by atoms with Gasteiger partial charge in [0.05, 0.1) is 11.4 Å². The van der Waals surface area contributed by atoms with Crippen LogP contribution in [0.1, 0.15) is 23.1 Å². The first-order chi connectivity index (χ1) is 13.5. The molecule has 0 saturated carbocycles. The number of halogens is 1. The molecule has 3 aliphatic heterocycles. The van der Waals surface area contributed by atoms with Crippen LogP contribution in [0.25, 0.3) is 11.6 Å². The number of hydrazone groups is 1. The van der Waals surface area contributed by atoms with Crippen LogP contribution >= 0.6 is 0 Å². The average molecular weight is 378 g/mol. The number of hydrogen-bond acceptors (Lipinski definition) is 5. The van der Waals surface area contributed by atoms with Gasteiger partial charge in [-0.15, -0.1) is 0 Å². The normalized spacial score (nSPS) is 22.6. The van der Waals surface area contributed by atoms with Crippen LogP contribution in [-0.2, 0) is 4.79 Å². The smallest absolute Gasteiger partial charge is 0.331 e. The van der Waals surface area contributed by atoms with Crippen LogP contribution in [-0.4, -0.2) is 47.9 Å². The van der Waals surface area contributed by atoms with Crippen molar-refractivity contribution in [1.82, 2.24) is 15.6 Å². The molecule has 0 bridgehead atoms. The number of carboxylic acid groups (broad SMARTS) is 1. The molecule has 142 valence electrons. The second kappa shape index (κ2) is 6.17. The Hall–Kier alpha value is -3.19. The van der Waals surface area contributed by atoms with Gasteiger partial charge in [-0.05, 0) is 47.9 Å². The van der Waals surface area contributed by atoms with Crippen molar-refractivity contribution in [2.75, 3.05) is 20.1 Å². The number of benzene rings is 1. The molecule has 28 heavy (non-hydrogen) atoms. The molecule has 1 aromatic carbocycles. The van der Waals surface area contributed by atoms with Crippen LogP contribution in [0.3, 0.4) is 0 Å². The van der Waals surface area contributed by atoms with Gasteiger partial charge in [0.2, 0.25) is 0 Å². The molecule has 3 heterocycles. The number of nitrogens with zero attached hydrogens (tertiary/aromatic N) is 2. The number of carbonyl (C=O) groups is 1. The quantitative estimate of drug-likeness (QED) is 0.735. The Balaban J connectivity index is 1.80. The molecule has 5 rings (SSSR count). The maximum Gasteiger partial charge on any atom is 0.331 e. The van der Waals surface area contributed by atoms with Crippen molar-refractivity contribution in [2.24, 2.45) is 5.10 Å². The van der Waals surface area contributed by atoms with Crippen molar-refractivity contribution in [1.29, 1.82) is 0 Å². The fourth-order valence-electron chi connectivity index (χ4n) is 4.37. The molecule has 0 fully saturated rings. The third kappa shape index (κ3) is 2.43. The minimum atomic E-state index is -0.929. The lowest BCUT2D eigenvalue weighted by molar-refractivity contribution is -0.140. The molecule has 0 amide bonds. The first-order valence-corrected chi connectivity index (χ1v) is 9.22. The third-order valence-electron chi connectivity index (χ3n) is 5.58. The SMILES string of the molecule is CN1C=C2C(=C(C3=CCNCC3)C1C(=O)O)NN=C1C=Cc3cc(F)cc2c31. The van der Waals surface area contributed by atoms with E-state index in [1.54, 1.807) is 18.1 Å². The van der Waals surface area contributed by atoms with Crippen LogP contribution in [0.2, 0.25) is 0 Å². The number of carboxylic acids is 1. The minimum absolute atomic E-state index is 0.326. The summed E-state index contributed by atoms with van der Waals surface area (Å²) >= 11 is 0. The van der Waals surface area contributed by atoms with E-state index in [2.05, 4.69) is 15.8 Å². The van der Waals surface area contributed by atoms with E-state index in [1.165, 1.54) is 12.1 Å². The van der Waals surface area contributed by atoms with Crippen molar-refractivity contribution in [3.8, 4) is 0 Å². The zero-order valence-electron chi connectivity index (χ0n) is 15.3. The summed E-state index contributed by atoms with van der Waals surface area (Å²) in [5.74, 6) is -1.26. The summed E-state index contributed by atoms with van der Waals surface area (Å²) in [6.45, 7) is 1.47. The second-order valence-corrected chi connectivity index (χ2v) is 7.28. The van der Waals surface area contributed by atoms with Crippen molar-refractivity contribution >= 4 is 23.3 Å². The lowest BCUT2D eigenvalue weighted by Crippen LogP contribution is -2.42. The van der Waals surface area contributed by atoms with Gasteiger partial charge in [0.25, 0.3) is 0 Å². The average Bonchev–Trinajstić information content (AvgIpc) is 3.01. The van der Waals surface area contributed by atoms with E-state index in [1.807, 2.05) is 18.2 Å². The van der Waals surface area contributed by atoms with Gasteiger partial charge in [-0.3, -0.25) is 5.43 Å². The Morgan fingerprint density at radius 3 is 2.96 bits per heavy atom. The molecule has 4 aliphatic rings. The van der Waals surface area contributed by atoms with E-state index in [9.17, 15) is 14.3 Å². The molecular weight excluding hydrogens is 359 g/mol. The van der Waals surface area contributed by atoms with Crippen LogP contribution in [0, 0.1) is 5.82 Å². The molecule has 1 unspecified atom stereocenters. The van der Waals surface area contributed by atoms with Gasteiger partial charge in [-0.2, -0.15) is 5.10 Å². The largest absolute Gasteiger partial charge is 0.479 e. The zero-order valence-corrected chi connectivity index (χ0v) is 15.3. The summed E-state index contributed by atoms with van der Waals surface area (Å²) in [6.07, 6.45) is 8.22. The van der Waals surface area contributed by atoms with E-state index in [0.29, 0.717) is 17.8 Å². The molecule has 0 spiro atoms. The van der Waals surface area contributed by atoms with Crippen molar-refractivity contribution in [2.45, 2.75) is 12.5 Å². The van der Waals surface area contributed by atoms with Crippen LogP contribution in [0.15, 0.2) is 52.4 Å². The Morgan fingerprint density at radius 1 is 1.36 bits per heavy atom. The van der Waals surface area contributed by atoms with Gasteiger partial charge in [-0.1, -0.05) is 12.2 Å². The molecule has 1 aliphatic carbocycles. The molecule has 1 aromatic rings. The van der Waals surface area contributed by atoms with Gasteiger partial charge >= 0.3 is 5.97 Å². The van der Waals surface area contributed by atoms with Crippen LogP contribution in [0.5, 0.6) is 0 Å². The van der Waals surface area contributed by atoms with Gasteiger partial charge in [0.1, 0.15) is 5.82 Å². The predicted molar refractivity (Wildman–Crippen MR) is 105 cm³/mol. The van der Waals surface area contributed by atoms with E-state index < -0.39 is 12.0 Å². The maximum atomic E-state index is 14.3. The zero-order chi connectivity index (χ0) is 19.4. The van der Waals surface area contributed by atoms with E-state index >= 15 is 0 Å². The maximum absolute atomic E-state index is 14.3. The molecule has 7 heteroatoms. The van der Waals surface area contributed by atoms with Gasteiger partial charge in [-0.25, -0.2) is 9.18 Å². The number of aliphatic carboxylic acids is 1. The highest BCUT2D eigenvalue weighted by atomic mass is 19.1. The third-order valence-corrected chi connectivity index (χ3v) is 5.58. The van der Waals surface area contributed by atoms with Crippen molar-refractivity contribution in [3.05, 3.63) is 69.8 Å². The number of likely N-dealkylation sites (N-methyl/N-ethyl adjacent to an activating group) is 1. The summed E-state index contributed by atoms with van der Waals surface area (Å²) < 4.78 is 14.3. The molecule has 1 atom stereocenters. The first-order valence-electron chi connectivity index (χ1n) is 9.22. The lowest BCUT2D eigenvalue weighted by Gasteiger charge is -2.35. The van der Waals surface area contributed by atoms with Gasteiger partial charge in [0.15, 0.2) is 6.04 Å². The van der Waals surface area contributed by atoms with E-state index in [0.717, 1.165) is 46.5 Å². The molecule has 0 aromatic heterocycles. The standard InChI is InChI=1S/C21H19FN4O2/c1-26-10-15-14-9-13(22)8-12-2-3-16(17(12)14)24-25-19(15)18(20(26)21(27)28)11-4-6-23-7-5-11/h2-4,8-10,20,23,25H,5-7H2,1H3,(H,27,28). The molecule has 6 nitrogen and oxygen atoms in total. The Morgan fingerprint density at radius 2 is 2.21 bits per heavy atom. The van der Waals surface area contributed by atoms with Gasteiger partial charge < -0.3 is 15.3 Å². The van der Waals surface area contributed by atoms with Crippen molar-refractivity contribution in [3.63, 3.8) is 0 Å². The van der Waals surface area contributed by atoms with Crippen molar-refractivity contribution < 1.29 is 14.3 Å². The fraction of sp³-hybridized carbons (Fsp3) is 0.238. The summed E-state index contributed by atoms with van der Waals surface area (Å²) in [4.78, 5) is 13.8. The summed E-state index contributed by atoms with van der Waals surface area (Å²) in [5.41, 5.74) is 9.28. The highest BCUT2D eigenvalue weighted by Gasteiger charge is 2.38. The van der Waals surface area contributed by atoms with E-state index in [-0.39, 0.29) is 5.82 Å². The Labute approximate surface area is 161 Å². The fourth-order valence-corrected chi connectivity index (χ4v) is 4.37. The van der Waals surface area contributed by atoms with Gasteiger partial charge in [0, 0.05) is 36.5 Å². The highest BCUT2D eigenvalue weighted by Crippen LogP contribution is 2.41. The number of hydrogen-bond donors (Lipinski definition) is 3. The number of rotatable bonds is 2. The number of allylic oxidation sites excluding steroid dienone is 2. The Bertz CT molecular complexity index is 1060.